The molecule has 0 saturated carbocycles. The van der Waals surface area contributed by atoms with E-state index in [9.17, 15) is 14.4 Å². The number of ether oxygens (including phenoxy) is 1. The van der Waals surface area contributed by atoms with E-state index in [0.29, 0.717) is 26.2 Å². The highest BCUT2D eigenvalue weighted by Crippen LogP contribution is 2.29. The molecular weight excluding hydrogens is 382 g/mol. The average molecular weight is 401 g/mol. The number of benzene rings is 1. The summed E-state index contributed by atoms with van der Waals surface area (Å²) in [5.41, 5.74) is 0.259. The zero-order valence-corrected chi connectivity index (χ0v) is 16.3. The highest BCUT2D eigenvalue weighted by molar-refractivity contribution is 7.09. The van der Waals surface area contributed by atoms with Crippen molar-refractivity contribution in [1.82, 2.24) is 18.8 Å². The number of aromatic amines is 1. The summed E-state index contributed by atoms with van der Waals surface area (Å²) in [4.78, 5) is 43.8. The molecule has 1 aliphatic heterocycles. The van der Waals surface area contributed by atoms with Crippen molar-refractivity contribution in [3.63, 3.8) is 0 Å². The number of amides is 1. The number of H-pyrrole nitrogens is 1. The predicted octanol–water partition coefficient (Wildman–Crippen LogP) is 0.654. The zero-order chi connectivity index (χ0) is 19.8. The molecular formula is C18H19N5O4S. The fourth-order valence-corrected chi connectivity index (χ4v) is 4.12. The first-order chi connectivity index (χ1) is 13.5. The topological polar surface area (TPSA) is 101 Å². The lowest BCUT2D eigenvalue weighted by molar-refractivity contribution is 0.0753. The highest BCUT2D eigenvalue weighted by Gasteiger charge is 2.27. The van der Waals surface area contributed by atoms with Crippen molar-refractivity contribution in [1.29, 1.82) is 0 Å². The van der Waals surface area contributed by atoms with Gasteiger partial charge in [0.05, 0.1) is 18.3 Å². The fourth-order valence-electron chi connectivity index (χ4n) is 3.32. The van der Waals surface area contributed by atoms with Crippen LogP contribution in [0.4, 0.5) is 5.69 Å². The van der Waals surface area contributed by atoms with Crippen LogP contribution in [0.5, 0.6) is 5.75 Å². The zero-order valence-electron chi connectivity index (χ0n) is 15.5. The number of anilines is 1. The minimum absolute atomic E-state index is 0.114. The maximum absolute atomic E-state index is 13.0. The Morgan fingerprint density at radius 3 is 2.61 bits per heavy atom. The molecule has 4 rings (SSSR count). The molecule has 1 fully saturated rings. The number of piperazine rings is 1. The molecule has 1 saturated heterocycles. The van der Waals surface area contributed by atoms with Crippen molar-refractivity contribution >= 4 is 34.2 Å². The van der Waals surface area contributed by atoms with E-state index in [0.717, 1.165) is 27.5 Å². The molecule has 3 heterocycles. The van der Waals surface area contributed by atoms with E-state index in [1.165, 1.54) is 7.05 Å². The molecule has 28 heavy (non-hydrogen) atoms. The van der Waals surface area contributed by atoms with Gasteiger partial charge in [-0.15, -0.1) is 0 Å². The molecule has 146 valence electrons. The van der Waals surface area contributed by atoms with Crippen LogP contribution < -0.4 is 20.9 Å². The fraction of sp³-hybridized carbons (Fsp3) is 0.333. The van der Waals surface area contributed by atoms with E-state index in [4.69, 9.17) is 4.74 Å². The quantitative estimate of drug-likeness (QED) is 0.692. The van der Waals surface area contributed by atoms with Crippen LogP contribution in [0.2, 0.25) is 0 Å². The average Bonchev–Trinajstić information content (AvgIpc) is 3.15. The summed E-state index contributed by atoms with van der Waals surface area (Å²) in [7, 11) is 3.01. The first-order valence-electron chi connectivity index (χ1n) is 8.77. The van der Waals surface area contributed by atoms with Gasteiger partial charge in [0.2, 0.25) is 0 Å². The number of fused-ring (bicyclic) bond motifs is 1. The van der Waals surface area contributed by atoms with Crippen LogP contribution in [0, 0.1) is 0 Å². The van der Waals surface area contributed by atoms with Gasteiger partial charge in [-0.3, -0.25) is 14.2 Å². The van der Waals surface area contributed by atoms with Crippen LogP contribution in [0.3, 0.4) is 0 Å². The lowest BCUT2D eigenvalue weighted by Gasteiger charge is -2.36. The summed E-state index contributed by atoms with van der Waals surface area (Å²) in [5.74, 6) is 0.570. The Labute approximate surface area is 163 Å². The Hall–Kier alpha value is -3.14. The number of nitrogens with one attached hydrogen (secondary N) is 1. The van der Waals surface area contributed by atoms with Crippen molar-refractivity contribution in [2.24, 2.45) is 7.05 Å². The van der Waals surface area contributed by atoms with E-state index < -0.39 is 11.2 Å². The standard InChI is InChI=1S/C18H19N5O4S/c1-21-16(24)14-13(19-18(21)26)15(28-20-14)17(25)23-9-7-22(8-10-23)11-5-3-4-6-12(11)27-2/h3-6H,7-10H2,1-2H3,(H,19,26). The molecule has 10 heteroatoms. The van der Waals surface area contributed by atoms with Crippen LogP contribution in [-0.4, -0.2) is 58.0 Å². The van der Waals surface area contributed by atoms with Crippen LogP contribution >= 0.6 is 11.5 Å². The number of nitrogens with zero attached hydrogens (tertiary/aromatic N) is 4. The third-order valence-electron chi connectivity index (χ3n) is 4.92. The van der Waals surface area contributed by atoms with Gasteiger partial charge in [-0.25, -0.2) is 4.79 Å². The first kappa shape index (κ1) is 18.2. The summed E-state index contributed by atoms with van der Waals surface area (Å²) in [6.07, 6.45) is 0. The van der Waals surface area contributed by atoms with Crippen LogP contribution in [-0.2, 0) is 7.05 Å². The second-order valence-corrected chi connectivity index (χ2v) is 7.25. The van der Waals surface area contributed by atoms with Gasteiger partial charge in [-0.1, -0.05) is 12.1 Å². The Morgan fingerprint density at radius 2 is 1.89 bits per heavy atom. The van der Waals surface area contributed by atoms with E-state index in [1.54, 1.807) is 12.0 Å². The Balaban J connectivity index is 1.56. The van der Waals surface area contributed by atoms with Crippen LogP contribution in [0.1, 0.15) is 9.67 Å². The molecule has 1 N–H and O–H groups in total. The Morgan fingerprint density at radius 1 is 1.18 bits per heavy atom. The molecule has 1 aliphatic rings. The normalized spacial score (nSPS) is 14.5. The summed E-state index contributed by atoms with van der Waals surface area (Å²) in [6.45, 7) is 2.35. The molecule has 0 atom stereocenters. The number of hydrogen-bond donors (Lipinski definition) is 1. The second-order valence-electron chi connectivity index (χ2n) is 6.48. The van der Waals surface area contributed by atoms with Gasteiger partial charge in [-0.05, 0) is 23.7 Å². The summed E-state index contributed by atoms with van der Waals surface area (Å²) < 4.78 is 10.4. The number of rotatable bonds is 3. The monoisotopic (exact) mass is 401 g/mol. The highest BCUT2D eigenvalue weighted by atomic mass is 32.1. The van der Waals surface area contributed by atoms with Gasteiger partial charge in [-0.2, -0.15) is 4.37 Å². The smallest absolute Gasteiger partial charge is 0.328 e. The van der Waals surface area contributed by atoms with Crippen LogP contribution in [0.25, 0.3) is 11.0 Å². The lowest BCUT2D eigenvalue weighted by Crippen LogP contribution is -2.48. The third-order valence-corrected chi connectivity index (χ3v) is 5.76. The molecule has 9 nitrogen and oxygen atoms in total. The van der Waals surface area contributed by atoms with E-state index >= 15 is 0 Å². The Bertz CT molecular complexity index is 1160. The third kappa shape index (κ3) is 2.95. The summed E-state index contributed by atoms with van der Waals surface area (Å²) in [6, 6.07) is 7.78. The maximum atomic E-state index is 13.0. The lowest BCUT2D eigenvalue weighted by atomic mass is 10.2. The number of carbonyl (C=O) groups is 1. The van der Waals surface area contributed by atoms with E-state index in [-0.39, 0.29) is 21.8 Å². The number of para-hydroxylation sites is 2. The molecule has 2 aromatic heterocycles. The molecule has 0 aliphatic carbocycles. The Kier molecular flexibility index (Phi) is 4.63. The number of carbonyl (C=O) groups excluding carboxylic acids is 1. The first-order valence-corrected chi connectivity index (χ1v) is 9.54. The second kappa shape index (κ2) is 7.12. The van der Waals surface area contributed by atoms with Gasteiger partial charge in [0.15, 0.2) is 5.52 Å². The molecule has 3 aromatic rings. The van der Waals surface area contributed by atoms with Gasteiger partial charge >= 0.3 is 5.69 Å². The predicted molar refractivity (Wildman–Crippen MR) is 107 cm³/mol. The van der Waals surface area contributed by atoms with Crippen molar-refractivity contribution in [2.75, 3.05) is 38.2 Å². The molecule has 0 bridgehead atoms. The van der Waals surface area contributed by atoms with Crippen molar-refractivity contribution < 1.29 is 9.53 Å². The SMILES string of the molecule is COc1ccccc1N1CCN(C(=O)c2snc3c(=O)n(C)c(=O)[nH]c23)CC1. The molecule has 0 radical (unpaired) electrons. The van der Waals surface area contributed by atoms with Gasteiger partial charge < -0.3 is 19.5 Å². The van der Waals surface area contributed by atoms with E-state index in [1.807, 2.05) is 24.3 Å². The molecule has 0 spiro atoms. The molecule has 1 amide bonds. The maximum Gasteiger partial charge on any atom is 0.328 e. The van der Waals surface area contributed by atoms with Crippen molar-refractivity contribution in [3.8, 4) is 5.75 Å². The number of hydrogen-bond acceptors (Lipinski definition) is 7. The van der Waals surface area contributed by atoms with Crippen molar-refractivity contribution in [3.05, 3.63) is 50.0 Å². The molecule has 0 unspecified atom stereocenters. The van der Waals surface area contributed by atoms with Crippen LogP contribution in [0.15, 0.2) is 33.9 Å². The van der Waals surface area contributed by atoms with Gasteiger partial charge in [0, 0.05) is 33.2 Å². The van der Waals surface area contributed by atoms with E-state index in [2.05, 4.69) is 14.3 Å². The number of methoxy groups -OCH3 is 1. The molecule has 1 aromatic carbocycles. The van der Waals surface area contributed by atoms with Gasteiger partial charge in [0.25, 0.3) is 11.5 Å². The van der Waals surface area contributed by atoms with Gasteiger partial charge in [0.1, 0.15) is 10.6 Å². The summed E-state index contributed by atoms with van der Waals surface area (Å²) in [5, 5.41) is 0. The minimum Gasteiger partial charge on any atom is -0.495 e. The summed E-state index contributed by atoms with van der Waals surface area (Å²) >= 11 is 0.941. The number of aromatic nitrogens is 3. The minimum atomic E-state index is -0.562. The van der Waals surface area contributed by atoms with Crippen molar-refractivity contribution in [2.45, 2.75) is 0 Å². The largest absolute Gasteiger partial charge is 0.495 e.